The Morgan fingerprint density at radius 1 is 1.23 bits per heavy atom. The molecule has 1 fully saturated rings. The molecule has 0 spiro atoms. The first-order valence-corrected chi connectivity index (χ1v) is 8.53. The molecule has 0 radical (unpaired) electrons. The molecule has 6 nitrogen and oxygen atoms in total. The quantitative estimate of drug-likeness (QED) is 0.607. The van der Waals surface area contributed by atoms with Gasteiger partial charge in [0.2, 0.25) is 0 Å². The number of halogens is 1. The number of hydrogen-bond acceptors (Lipinski definition) is 5. The van der Waals surface area contributed by atoms with Gasteiger partial charge in [0, 0.05) is 11.9 Å². The highest BCUT2D eigenvalue weighted by Crippen LogP contribution is 2.34. The second-order valence-electron chi connectivity index (χ2n) is 5.51. The topological polar surface area (TPSA) is 68.6 Å². The molecule has 3 rings (SSSR count). The lowest BCUT2D eigenvalue weighted by Gasteiger charge is -2.18. The summed E-state index contributed by atoms with van der Waals surface area (Å²) in [4.78, 5) is 37.4. The number of rotatable bonds is 4. The first kappa shape index (κ1) is 17.9. The Labute approximate surface area is 153 Å². The Bertz CT molecular complexity index is 921. The molecular formula is C18H15FN2O4S. The number of ether oxygens (including phenoxy) is 1. The first-order chi connectivity index (χ1) is 12.4. The average molecular weight is 374 g/mol. The van der Waals surface area contributed by atoms with Crippen molar-refractivity contribution in [3.05, 3.63) is 59.0 Å². The molecule has 2 heterocycles. The highest BCUT2D eigenvalue weighted by atomic mass is 32.2. The zero-order valence-corrected chi connectivity index (χ0v) is 14.8. The van der Waals surface area contributed by atoms with E-state index in [-0.39, 0.29) is 4.91 Å². The van der Waals surface area contributed by atoms with Crippen LogP contribution in [0.25, 0.3) is 11.8 Å². The van der Waals surface area contributed by atoms with Gasteiger partial charge in [0.05, 0.1) is 17.7 Å². The summed E-state index contributed by atoms with van der Waals surface area (Å²) < 4.78 is 20.2. The van der Waals surface area contributed by atoms with Crippen LogP contribution in [0.2, 0.25) is 0 Å². The predicted octanol–water partition coefficient (Wildman–Crippen LogP) is 3.21. The second kappa shape index (κ2) is 7.17. The number of esters is 1. The summed E-state index contributed by atoms with van der Waals surface area (Å²) in [5.41, 5.74) is 0.859. The zero-order valence-electron chi connectivity index (χ0n) is 14.0. The molecule has 1 atom stereocenters. The molecule has 0 bridgehead atoms. The summed E-state index contributed by atoms with van der Waals surface area (Å²) in [6, 6.07) is 8.62. The van der Waals surface area contributed by atoms with E-state index in [1.807, 2.05) is 0 Å². The van der Waals surface area contributed by atoms with E-state index in [0.717, 1.165) is 16.7 Å². The molecule has 1 aliphatic heterocycles. The van der Waals surface area contributed by atoms with Gasteiger partial charge in [0.1, 0.15) is 11.9 Å². The van der Waals surface area contributed by atoms with Crippen molar-refractivity contribution in [2.75, 3.05) is 7.11 Å². The average Bonchev–Trinajstić information content (AvgIpc) is 3.19. The van der Waals surface area contributed by atoms with Crippen molar-refractivity contribution in [1.29, 1.82) is 0 Å². The lowest BCUT2D eigenvalue weighted by molar-refractivity contribution is -0.148. The molecule has 1 aliphatic rings. The van der Waals surface area contributed by atoms with Crippen LogP contribution in [0.15, 0.2) is 47.5 Å². The fourth-order valence-corrected chi connectivity index (χ4v) is 3.50. The van der Waals surface area contributed by atoms with Crippen LogP contribution in [-0.4, -0.2) is 39.7 Å². The molecule has 1 aromatic carbocycles. The van der Waals surface area contributed by atoms with Crippen molar-refractivity contribution >= 4 is 35.0 Å². The van der Waals surface area contributed by atoms with E-state index in [4.69, 9.17) is 0 Å². The molecule has 26 heavy (non-hydrogen) atoms. The molecule has 1 saturated heterocycles. The summed E-state index contributed by atoms with van der Waals surface area (Å²) >= 11 is 0.728. The number of hydrogen-bond donors (Lipinski definition) is 0. The lowest BCUT2D eigenvalue weighted by atomic mass is 10.2. The maximum absolute atomic E-state index is 14.1. The van der Waals surface area contributed by atoms with Gasteiger partial charge in [0.25, 0.3) is 11.1 Å². The third-order valence-corrected chi connectivity index (χ3v) is 4.81. The summed E-state index contributed by atoms with van der Waals surface area (Å²) in [6.07, 6.45) is 3.16. The van der Waals surface area contributed by atoms with Gasteiger partial charge < -0.3 is 9.30 Å². The number of benzene rings is 1. The van der Waals surface area contributed by atoms with Gasteiger partial charge in [-0.3, -0.25) is 14.5 Å². The normalized spacial score (nSPS) is 17.0. The highest BCUT2D eigenvalue weighted by Gasteiger charge is 2.41. The fraction of sp³-hybridized carbons (Fsp3) is 0.167. The Balaban J connectivity index is 1.95. The number of carbonyl (C=O) groups is 3. The van der Waals surface area contributed by atoms with Gasteiger partial charge in [-0.2, -0.15) is 0 Å². The van der Waals surface area contributed by atoms with Crippen molar-refractivity contribution in [3.63, 3.8) is 0 Å². The summed E-state index contributed by atoms with van der Waals surface area (Å²) in [6.45, 7) is 1.42. The number of carbonyl (C=O) groups excluding carboxylic acids is 3. The number of thioether (sulfide) groups is 1. The summed E-state index contributed by atoms with van der Waals surface area (Å²) in [7, 11) is 1.19. The van der Waals surface area contributed by atoms with E-state index in [1.165, 1.54) is 26.2 Å². The van der Waals surface area contributed by atoms with Crippen LogP contribution in [0, 0.1) is 5.82 Å². The van der Waals surface area contributed by atoms with Crippen LogP contribution in [-0.2, 0) is 14.3 Å². The van der Waals surface area contributed by atoms with Crippen LogP contribution >= 0.6 is 11.8 Å². The smallest absolute Gasteiger partial charge is 0.328 e. The molecule has 2 amide bonds. The highest BCUT2D eigenvalue weighted by molar-refractivity contribution is 8.18. The van der Waals surface area contributed by atoms with E-state index < -0.39 is 29.0 Å². The van der Waals surface area contributed by atoms with E-state index in [2.05, 4.69) is 4.74 Å². The van der Waals surface area contributed by atoms with Crippen LogP contribution in [0.3, 0.4) is 0 Å². The van der Waals surface area contributed by atoms with Gasteiger partial charge in [-0.25, -0.2) is 9.18 Å². The van der Waals surface area contributed by atoms with Crippen LogP contribution < -0.4 is 0 Å². The van der Waals surface area contributed by atoms with Crippen LogP contribution in [0.1, 0.15) is 12.6 Å². The Morgan fingerprint density at radius 2 is 1.96 bits per heavy atom. The fourth-order valence-electron chi connectivity index (χ4n) is 2.60. The van der Waals surface area contributed by atoms with E-state index >= 15 is 0 Å². The van der Waals surface area contributed by atoms with Crippen molar-refractivity contribution in [1.82, 2.24) is 9.47 Å². The minimum Gasteiger partial charge on any atom is -0.467 e. The van der Waals surface area contributed by atoms with Crippen LogP contribution in [0.4, 0.5) is 9.18 Å². The van der Waals surface area contributed by atoms with E-state index in [1.54, 1.807) is 41.1 Å². The molecule has 2 aromatic rings. The van der Waals surface area contributed by atoms with E-state index in [0.29, 0.717) is 11.4 Å². The minimum atomic E-state index is -1.02. The maximum atomic E-state index is 14.1. The number of para-hydroxylation sites is 1. The third-order valence-electron chi connectivity index (χ3n) is 3.92. The Morgan fingerprint density at radius 3 is 2.65 bits per heavy atom. The van der Waals surface area contributed by atoms with Gasteiger partial charge in [-0.05, 0) is 49.0 Å². The van der Waals surface area contributed by atoms with Crippen molar-refractivity contribution in [2.45, 2.75) is 13.0 Å². The molecule has 0 saturated carbocycles. The molecule has 0 N–H and O–H groups in total. The monoisotopic (exact) mass is 374 g/mol. The van der Waals surface area contributed by atoms with Crippen molar-refractivity contribution in [2.24, 2.45) is 0 Å². The van der Waals surface area contributed by atoms with Crippen molar-refractivity contribution in [3.8, 4) is 5.69 Å². The van der Waals surface area contributed by atoms with Gasteiger partial charge in [-0.15, -0.1) is 0 Å². The Hall–Kier alpha value is -2.87. The minimum absolute atomic E-state index is 0.155. The van der Waals surface area contributed by atoms with E-state index in [9.17, 15) is 18.8 Å². The summed E-state index contributed by atoms with van der Waals surface area (Å²) in [5, 5.41) is -0.553. The SMILES string of the molecule is COC(=O)C(C)N1C(=O)S/C(=C/c2cccn2-c2ccccc2F)C1=O. The number of amides is 2. The molecule has 8 heteroatoms. The molecule has 1 aromatic heterocycles. The summed E-state index contributed by atoms with van der Waals surface area (Å²) in [5.74, 6) is -1.67. The molecule has 1 unspecified atom stereocenters. The molecular weight excluding hydrogens is 359 g/mol. The standard InChI is InChI=1S/C18H15FN2O4S/c1-11(17(23)25-2)21-16(22)15(26-18(21)24)10-12-6-5-9-20(12)14-8-4-3-7-13(14)19/h3-11H,1-2H3/b15-10+. The third kappa shape index (κ3) is 3.15. The first-order valence-electron chi connectivity index (χ1n) is 7.71. The Kier molecular flexibility index (Phi) is 4.94. The van der Waals surface area contributed by atoms with Gasteiger partial charge >= 0.3 is 5.97 Å². The largest absolute Gasteiger partial charge is 0.467 e. The number of methoxy groups -OCH3 is 1. The van der Waals surface area contributed by atoms with Gasteiger partial charge in [0.15, 0.2) is 0 Å². The maximum Gasteiger partial charge on any atom is 0.328 e. The van der Waals surface area contributed by atoms with Crippen LogP contribution in [0.5, 0.6) is 0 Å². The second-order valence-corrected chi connectivity index (χ2v) is 6.50. The van der Waals surface area contributed by atoms with Gasteiger partial charge in [-0.1, -0.05) is 12.1 Å². The lowest BCUT2D eigenvalue weighted by Crippen LogP contribution is -2.42. The molecule has 0 aliphatic carbocycles. The predicted molar refractivity (Wildman–Crippen MR) is 95.0 cm³/mol. The number of aromatic nitrogens is 1. The molecule has 134 valence electrons. The number of nitrogens with zero attached hydrogens (tertiary/aromatic N) is 2. The number of imide groups is 1. The zero-order chi connectivity index (χ0) is 18.8. The van der Waals surface area contributed by atoms with Crippen molar-refractivity contribution < 1.29 is 23.5 Å².